The zero-order chi connectivity index (χ0) is 30.3. The molecule has 5 aliphatic carbocycles. The second-order valence-electron chi connectivity index (χ2n) is 16.5. The fraction of sp³-hybridized carbons (Fsp3) is 0.711. The van der Waals surface area contributed by atoms with Crippen molar-refractivity contribution < 1.29 is 9.53 Å². The number of esters is 1. The topological polar surface area (TPSA) is 55.7 Å². The average molecular weight is 572 g/mol. The highest BCUT2D eigenvalue weighted by Crippen LogP contribution is 2.77. The molecule has 6 rings (SSSR count). The van der Waals surface area contributed by atoms with E-state index in [4.69, 9.17) is 4.74 Å². The summed E-state index contributed by atoms with van der Waals surface area (Å²) >= 11 is 0. The second kappa shape index (κ2) is 9.89. The molecule has 0 heterocycles. The summed E-state index contributed by atoms with van der Waals surface area (Å²) in [5.41, 5.74) is 4.95. The van der Waals surface area contributed by atoms with Crippen molar-refractivity contribution >= 4 is 11.5 Å². The number of nitrogens with zero attached hydrogens (tertiary/aromatic N) is 1. The number of methoxy groups -OCH3 is 1. The Morgan fingerprint density at radius 1 is 0.929 bits per heavy atom. The fourth-order valence-corrected chi connectivity index (χ4v) is 12.5. The molecule has 0 bridgehead atoms. The highest BCUT2D eigenvalue weighted by atomic mass is 16.5. The molecule has 0 saturated heterocycles. The molecule has 4 nitrogen and oxygen atoms in total. The highest BCUT2D eigenvalue weighted by Gasteiger charge is 2.70. The standard InChI is InChI=1S/C38H53NO3/c1-24(2)23-27-15-20-38(39-41)22-21-36(6)29(32(27)38)13-14-31-35(5)18-16-28(25-9-11-26(12-10-25)33(40)42-8)34(3,4)30(35)17-19-37(31,36)7/h9-12,16,27,29-32H,1,13-15,17-23H2,2-8H3/t27-,29+,30?,31?,32?,35-,36+,37+,38-/m0/s1. The van der Waals surface area contributed by atoms with Crippen molar-refractivity contribution in [3.8, 4) is 0 Å². The Morgan fingerprint density at radius 2 is 1.64 bits per heavy atom. The minimum absolute atomic E-state index is 0.0417. The van der Waals surface area contributed by atoms with Gasteiger partial charge in [-0.1, -0.05) is 63.6 Å². The van der Waals surface area contributed by atoms with E-state index in [9.17, 15) is 9.70 Å². The summed E-state index contributed by atoms with van der Waals surface area (Å²) < 4.78 is 4.93. The van der Waals surface area contributed by atoms with Gasteiger partial charge < -0.3 is 4.74 Å². The van der Waals surface area contributed by atoms with Crippen molar-refractivity contribution in [2.75, 3.05) is 7.11 Å². The molecule has 0 N–H and O–H groups in total. The van der Waals surface area contributed by atoms with Crippen LogP contribution >= 0.6 is 0 Å². The molecule has 3 unspecified atom stereocenters. The van der Waals surface area contributed by atoms with Gasteiger partial charge in [0.1, 0.15) is 5.54 Å². The predicted molar refractivity (Wildman–Crippen MR) is 171 cm³/mol. The van der Waals surface area contributed by atoms with Crippen molar-refractivity contribution in [1.29, 1.82) is 0 Å². The van der Waals surface area contributed by atoms with Gasteiger partial charge in [0.15, 0.2) is 0 Å². The lowest BCUT2D eigenvalue weighted by molar-refractivity contribution is -0.218. The summed E-state index contributed by atoms with van der Waals surface area (Å²) in [6, 6.07) is 8.04. The molecule has 0 amide bonds. The van der Waals surface area contributed by atoms with Gasteiger partial charge in [-0.15, -0.1) is 6.58 Å². The molecular weight excluding hydrogens is 518 g/mol. The van der Waals surface area contributed by atoms with E-state index in [0.717, 1.165) is 38.5 Å². The lowest BCUT2D eigenvalue weighted by Crippen LogP contribution is -2.66. The van der Waals surface area contributed by atoms with Crippen LogP contribution in [0.4, 0.5) is 0 Å². The van der Waals surface area contributed by atoms with Gasteiger partial charge in [-0.25, -0.2) is 4.79 Å². The van der Waals surface area contributed by atoms with Crippen LogP contribution in [-0.2, 0) is 4.74 Å². The normalized spacial score (nSPS) is 43.6. The predicted octanol–water partition coefficient (Wildman–Crippen LogP) is 10.0. The van der Waals surface area contributed by atoms with Crippen LogP contribution in [0.2, 0.25) is 0 Å². The first-order valence-corrected chi connectivity index (χ1v) is 16.7. The molecular formula is C38H53NO3. The Hall–Kier alpha value is -2.23. The minimum atomic E-state index is -0.345. The Bertz CT molecular complexity index is 1310. The Morgan fingerprint density at radius 3 is 2.29 bits per heavy atom. The number of rotatable bonds is 5. The van der Waals surface area contributed by atoms with Crippen molar-refractivity contribution in [1.82, 2.24) is 0 Å². The molecule has 1 aromatic rings. The van der Waals surface area contributed by atoms with Crippen molar-refractivity contribution in [2.45, 2.75) is 111 Å². The zero-order valence-corrected chi connectivity index (χ0v) is 27.2. The molecule has 4 heteroatoms. The summed E-state index contributed by atoms with van der Waals surface area (Å²) in [6.45, 7) is 19.3. The van der Waals surface area contributed by atoms with E-state index in [1.165, 1.54) is 49.5 Å². The first-order chi connectivity index (χ1) is 19.8. The van der Waals surface area contributed by atoms with Crippen LogP contribution < -0.4 is 0 Å². The Labute approximate surface area is 254 Å². The summed E-state index contributed by atoms with van der Waals surface area (Å²) in [6.07, 6.45) is 14.0. The molecule has 9 atom stereocenters. The van der Waals surface area contributed by atoms with Gasteiger partial charge in [0, 0.05) is 0 Å². The van der Waals surface area contributed by atoms with Crippen molar-refractivity contribution in [3.63, 3.8) is 0 Å². The maximum atomic E-state index is 12.6. The van der Waals surface area contributed by atoms with Gasteiger partial charge in [0.2, 0.25) is 0 Å². The van der Waals surface area contributed by atoms with Crippen molar-refractivity contribution in [2.24, 2.45) is 56.4 Å². The zero-order valence-electron chi connectivity index (χ0n) is 27.2. The Kier molecular flexibility index (Phi) is 7.03. The molecule has 0 aliphatic heterocycles. The number of hydrogen-bond donors (Lipinski definition) is 0. The van der Waals surface area contributed by atoms with Crippen LogP contribution in [0.5, 0.6) is 0 Å². The third-order valence-corrected chi connectivity index (χ3v) is 14.5. The lowest BCUT2D eigenvalue weighted by Gasteiger charge is -2.72. The van der Waals surface area contributed by atoms with E-state index in [-0.39, 0.29) is 33.2 Å². The van der Waals surface area contributed by atoms with Gasteiger partial charge >= 0.3 is 5.97 Å². The number of benzene rings is 1. The average Bonchev–Trinajstić information content (AvgIpc) is 3.31. The molecule has 5 aliphatic rings. The lowest BCUT2D eigenvalue weighted by atomic mass is 9.33. The Balaban J connectivity index is 1.34. The van der Waals surface area contributed by atoms with Gasteiger partial charge in [-0.2, -0.15) is 4.91 Å². The monoisotopic (exact) mass is 571 g/mol. The molecule has 42 heavy (non-hydrogen) atoms. The number of allylic oxidation sites excluding steroid dienone is 3. The SMILES string of the molecule is C=C(C)C[C@@H]1CC[C@]2(N=O)CC[C@]3(C)[C@H](CCC4[C@@]5(C)CC=C(c6ccc(C(=O)OC)cc6)C(C)(C)C5CC[C@]43C)C12. The number of fused-ring (bicyclic) bond motifs is 7. The first-order valence-electron chi connectivity index (χ1n) is 16.7. The van der Waals surface area contributed by atoms with Crippen molar-refractivity contribution in [3.05, 3.63) is 58.5 Å². The van der Waals surface area contributed by atoms with Gasteiger partial charge in [-0.3, -0.25) is 0 Å². The van der Waals surface area contributed by atoms with Gasteiger partial charge in [-0.05, 0) is 146 Å². The molecule has 0 radical (unpaired) electrons. The summed E-state index contributed by atoms with van der Waals surface area (Å²) in [7, 11) is 1.44. The summed E-state index contributed by atoms with van der Waals surface area (Å²) in [4.78, 5) is 24.6. The maximum absolute atomic E-state index is 12.6. The third kappa shape index (κ3) is 3.95. The van der Waals surface area contributed by atoms with Crippen LogP contribution in [0.25, 0.3) is 5.57 Å². The maximum Gasteiger partial charge on any atom is 0.337 e. The third-order valence-electron chi connectivity index (χ3n) is 14.5. The summed E-state index contributed by atoms with van der Waals surface area (Å²) in [5, 5.41) is 3.99. The molecule has 228 valence electrons. The number of hydrogen-bond acceptors (Lipinski definition) is 4. The van der Waals surface area contributed by atoms with Crippen LogP contribution in [0.1, 0.15) is 122 Å². The smallest absolute Gasteiger partial charge is 0.337 e. The first kappa shape index (κ1) is 29.8. The van der Waals surface area contributed by atoms with Crippen LogP contribution in [0, 0.1) is 56.2 Å². The number of carbonyl (C=O) groups excluding carboxylic acids is 1. The van der Waals surface area contributed by atoms with Crippen LogP contribution in [-0.4, -0.2) is 18.6 Å². The van der Waals surface area contributed by atoms with E-state index in [2.05, 4.69) is 71.5 Å². The fourth-order valence-electron chi connectivity index (χ4n) is 12.5. The highest BCUT2D eigenvalue weighted by molar-refractivity contribution is 5.89. The largest absolute Gasteiger partial charge is 0.465 e. The quantitative estimate of drug-likeness (QED) is 0.201. The molecule has 1 aromatic carbocycles. The minimum Gasteiger partial charge on any atom is -0.465 e. The number of nitroso groups, excluding NO2 is 1. The van der Waals surface area contributed by atoms with Gasteiger partial charge in [0.05, 0.1) is 12.7 Å². The van der Waals surface area contributed by atoms with E-state index >= 15 is 0 Å². The van der Waals surface area contributed by atoms with E-state index < -0.39 is 0 Å². The van der Waals surface area contributed by atoms with E-state index in [1.807, 2.05) is 12.1 Å². The van der Waals surface area contributed by atoms with Gasteiger partial charge in [0.25, 0.3) is 0 Å². The van der Waals surface area contributed by atoms with E-state index in [1.54, 1.807) is 0 Å². The molecule has 0 aromatic heterocycles. The van der Waals surface area contributed by atoms with Crippen LogP contribution in [0.3, 0.4) is 0 Å². The summed E-state index contributed by atoms with van der Waals surface area (Å²) in [5.74, 6) is 2.53. The molecule has 4 saturated carbocycles. The van der Waals surface area contributed by atoms with Crippen LogP contribution in [0.15, 0.2) is 47.7 Å². The molecule has 4 fully saturated rings. The van der Waals surface area contributed by atoms with E-state index in [0.29, 0.717) is 35.2 Å². The second-order valence-corrected chi connectivity index (χ2v) is 16.5. The number of carbonyl (C=O) groups is 1. The molecule has 0 spiro atoms. The number of ether oxygens (including phenoxy) is 1.